The highest BCUT2D eigenvalue weighted by Gasteiger charge is 2.23. The van der Waals surface area contributed by atoms with Crippen molar-refractivity contribution in [2.75, 3.05) is 0 Å². The van der Waals surface area contributed by atoms with Crippen LogP contribution in [0.5, 0.6) is 0 Å². The second-order valence-corrected chi connectivity index (χ2v) is 3.46. The van der Waals surface area contributed by atoms with Crippen LogP contribution in [0.3, 0.4) is 0 Å². The fraction of sp³-hybridized carbons (Fsp3) is 0.286. The number of aromatic nitrogens is 1. The Morgan fingerprint density at radius 1 is 1.67 bits per heavy atom. The Labute approximate surface area is 96.5 Å². The van der Waals surface area contributed by atoms with E-state index in [1.165, 1.54) is 0 Å². The second kappa shape index (κ2) is 4.80. The summed E-state index contributed by atoms with van der Waals surface area (Å²) in [6.45, 7) is 0. The molecule has 0 bridgehead atoms. The zero-order valence-corrected chi connectivity index (χ0v) is 9.43. The van der Waals surface area contributed by atoms with Crippen molar-refractivity contribution in [2.45, 2.75) is 11.8 Å². The molecule has 0 atom stereocenters. The summed E-state index contributed by atoms with van der Waals surface area (Å²) >= 11 is 8.55. The lowest BCUT2D eigenvalue weighted by atomic mass is 10.2. The van der Waals surface area contributed by atoms with E-state index in [2.05, 4.69) is 20.9 Å². The lowest BCUT2D eigenvalue weighted by molar-refractivity contribution is -0.389. The van der Waals surface area contributed by atoms with Gasteiger partial charge in [-0.3, -0.25) is 0 Å². The van der Waals surface area contributed by atoms with Crippen LogP contribution >= 0.6 is 27.5 Å². The number of nitrogens with zero attached hydrogens (tertiary/aromatic N) is 2. The third-order valence-electron chi connectivity index (χ3n) is 1.59. The van der Waals surface area contributed by atoms with Crippen LogP contribution < -0.4 is 0 Å². The van der Waals surface area contributed by atoms with E-state index in [1.54, 1.807) is 0 Å². The third-order valence-corrected chi connectivity index (χ3v) is 2.56. The minimum Gasteiger partial charge on any atom is -0.358 e. The topological polar surface area (TPSA) is 56.0 Å². The van der Waals surface area contributed by atoms with E-state index >= 15 is 0 Å². The van der Waals surface area contributed by atoms with E-state index < -0.39 is 22.7 Å². The maximum Gasteiger partial charge on any atom is 0.364 e. The maximum atomic E-state index is 12.4. The van der Waals surface area contributed by atoms with Crippen molar-refractivity contribution in [3.8, 4) is 0 Å². The summed E-state index contributed by atoms with van der Waals surface area (Å²) < 4.78 is 24.9. The molecule has 0 saturated carbocycles. The van der Waals surface area contributed by atoms with Crippen molar-refractivity contribution in [3.63, 3.8) is 0 Å². The molecule has 82 valence electrons. The van der Waals surface area contributed by atoms with E-state index in [-0.39, 0.29) is 16.0 Å². The molecule has 0 aromatic carbocycles. The van der Waals surface area contributed by atoms with E-state index in [0.29, 0.717) is 6.07 Å². The maximum absolute atomic E-state index is 12.4. The summed E-state index contributed by atoms with van der Waals surface area (Å²) in [6, 6.07) is 0.680. The largest absolute Gasteiger partial charge is 0.364 e. The number of hydrogen-bond donors (Lipinski definition) is 0. The van der Waals surface area contributed by atoms with Gasteiger partial charge in [0.05, 0.1) is 10.4 Å². The second-order valence-electron chi connectivity index (χ2n) is 2.52. The zero-order chi connectivity index (χ0) is 11.6. The molecule has 4 nitrogen and oxygen atoms in total. The highest BCUT2D eigenvalue weighted by molar-refractivity contribution is 9.08. The predicted molar refractivity (Wildman–Crippen MR) is 53.5 cm³/mol. The fourth-order valence-electron chi connectivity index (χ4n) is 0.930. The molecule has 0 aliphatic heterocycles. The van der Waals surface area contributed by atoms with Crippen LogP contribution in [-0.2, 0) is 5.33 Å². The Kier molecular flexibility index (Phi) is 3.92. The van der Waals surface area contributed by atoms with Gasteiger partial charge >= 0.3 is 5.82 Å². The van der Waals surface area contributed by atoms with Crippen molar-refractivity contribution in [2.24, 2.45) is 0 Å². The monoisotopic (exact) mass is 300 g/mol. The fourth-order valence-corrected chi connectivity index (χ4v) is 1.74. The molecular weight excluding hydrogens is 297 g/mol. The minimum atomic E-state index is -2.86. The molecule has 0 unspecified atom stereocenters. The van der Waals surface area contributed by atoms with Gasteiger partial charge in [0.1, 0.15) is 0 Å². The molecular formula is C7H4BrClF2N2O2. The van der Waals surface area contributed by atoms with Gasteiger partial charge in [0.25, 0.3) is 6.43 Å². The highest BCUT2D eigenvalue weighted by Crippen LogP contribution is 2.32. The van der Waals surface area contributed by atoms with Crippen LogP contribution in [0.2, 0.25) is 5.02 Å². The van der Waals surface area contributed by atoms with E-state index in [4.69, 9.17) is 11.6 Å². The third kappa shape index (κ3) is 2.60. The number of rotatable bonds is 3. The lowest BCUT2D eigenvalue weighted by Crippen LogP contribution is -2.00. The molecule has 0 saturated heterocycles. The summed E-state index contributed by atoms with van der Waals surface area (Å²) in [6.07, 6.45) is -2.86. The molecule has 0 fully saturated rings. The number of alkyl halides is 3. The summed E-state index contributed by atoms with van der Waals surface area (Å²) in [5.41, 5.74) is -0.547. The lowest BCUT2D eigenvalue weighted by Gasteiger charge is -2.03. The molecule has 1 rings (SSSR count). The Bertz CT molecular complexity index is 403. The smallest absolute Gasteiger partial charge is 0.358 e. The van der Waals surface area contributed by atoms with Gasteiger partial charge in [0, 0.05) is 11.6 Å². The molecule has 0 amide bonds. The van der Waals surface area contributed by atoms with Gasteiger partial charge in [-0.1, -0.05) is 27.5 Å². The quantitative estimate of drug-likeness (QED) is 0.488. The molecule has 0 spiro atoms. The van der Waals surface area contributed by atoms with E-state index in [0.717, 1.165) is 0 Å². The number of hydrogen-bond acceptors (Lipinski definition) is 3. The number of halogens is 4. The first-order valence-corrected chi connectivity index (χ1v) is 5.15. The van der Waals surface area contributed by atoms with Crippen LogP contribution in [0.15, 0.2) is 6.07 Å². The molecule has 0 radical (unpaired) electrons. The van der Waals surface area contributed by atoms with Crippen LogP contribution in [0, 0.1) is 10.1 Å². The van der Waals surface area contributed by atoms with Crippen molar-refractivity contribution in [1.29, 1.82) is 0 Å². The molecule has 8 heteroatoms. The summed E-state index contributed by atoms with van der Waals surface area (Å²) in [5.74, 6) is -0.635. The van der Waals surface area contributed by atoms with Gasteiger partial charge in [0.15, 0.2) is 5.69 Å². The van der Waals surface area contributed by atoms with Crippen LogP contribution in [0.1, 0.15) is 17.7 Å². The summed E-state index contributed by atoms with van der Waals surface area (Å²) in [5, 5.41) is 10.2. The average Bonchev–Trinajstić information content (AvgIpc) is 2.17. The number of nitro groups is 1. The summed E-state index contributed by atoms with van der Waals surface area (Å²) in [4.78, 5) is 13.1. The predicted octanol–water partition coefficient (Wildman–Crippen LogP) is 3.48. The van der Waals surface area contributed by atoms with E-state index in [9.17, 15) is 18.9 Å². The number of pyridine rings is 1. The Balaban J connectivity index is 3.38. The zero-order valence-electron chi connectivity index (χ0n) is 7.08. The average molecular weight is 301 g/mol. The van der Waals surface area contributed by atoms with Crippen molar-refractivity contribution in [1.82, 2.24) is 4.98 Å². The van der Waals surface area contributed by atoms with Crippen LogP contribution in [0.4, 0.5) is 14.6 Å². The van der Waals surface area contributed by atoms with Gasteiger partial charge in [-0.25, -0.2) is 8.78 Å². The van der Waals surface area contributed by atoms with Gasteiger partial charge in [-0.2, -0.15) is 0 Å². The first kappa shape index (κ1) is 12.3. The van der Waals surface area contributed by atoms with Crippen LogP contribution in [-0.4, -0.2) is 9.91 Å². The minimum absolute atomic E-state index is 0.0289. The highest BCUT2D eigenvalue weighted by atomic mass is 79.9. The molecule has 0 aliphatic carbocycles. The molecule has 15 heavy (non-hydrogen) atoms. The van der Waals surface area contributed by atoms with Gasteiger partial charge in [-0.05, 0) is 9.91 Å². The Morgan fingerprint density at radius 3 is 2.67 bits per heavy atom. The summed E-state index contributed by atoms with van der Waals surface area (Å²) in [7, 11) is 0. The Morgan fingerprint density at radius 2 is 2.27 bits per heavy atom. The van der Waals surface area contributed by atoms with Gasteiger partial charge in [0.2, 0.25) is 0 Å². The standard InChI is InChI=1S/C7H4BrClF2N2O2/c8-2-4-6(9)3(7(10)11)1-5(12-4)13(14)15/h1,7H,2H2. The Hall–Kier alpha value is -0.820. The molecule has 1 aromatic rings. The van der Waals surface area contributed by atoms with Crippen molar-refractivity contribution in [3.05, 3.63) is 32.5 Å². The van der Waals surface area contributed by atoms with Crippen LogP contribution in [0.25, 0.3) is 0 Å². The normalized spacial score (nSPS) is 10.7. The molecule has 1 aromatic heterocycles. The SMILES string of the molecule is O=[N+]([O-])c1cc(C(F)F)c(Cl)c(CBr)n1. The van der Waals surface area contributed by atoms with Crippen molar-refractivity contribution >= 4 is 33.3 Å². The first-order chi connectivity index (χ1) is 6.97. The van der Waals surface area contributed by atoms with E-state index in [1.807, 2.05) is 0 Å². The first-order valence-electron chi connectivity index (χ1n) is 3.65. The van der Waals surface area contributed by atoms with Gasteiger partial charge < -0.3 is 10.1 Å². The van der Waals surface area contributed by atoms with Gasteiger partial charge in [-0.15, -0.1) is 0 Å². The molecule has 0 N–H and O–H groups in total. The van der Waals surface area contributed by atoms with Crippen molar-refractivity contribution < 1.29 is 13.7 Å². The molecule has 1 heterocycles. The molecule has 0 aliphatic rings.